The second-order valence-electron chi connectivity index (χ2n) is 4.39. The fourth-order valence-corrected chi connectivity index (χ4v) is 2.40. The third-order valence-electron chi connectivity index (χ3n) is 2.55. The molecule has 0 unspecified atom stereocenters. The molecule has 0 amide bonds. The van der Waals surface area contributed by atoms with Gasteiger partial charge in [0.1, 0.15) is 10.8 Å². The van der Waals surface area contributed by atoms with E-state index in [1.807, 2.05) is 13.0 Å². The van der Waals surface area contributed by atoms with Crippen LogP contribution in [-0.4, -0.2) is 10.2 Å². The number of benzene rings is 1. The van der Waals surface area contributed by atoms with Gasteiger partial charge in [0.15, 0.2) is 0 Å². The van der Waals surface area contributed by atoms with Gasteiger partial charge >= 0.3 is 0 Å². The van der Waals surface area contributed by atoms with E-state index in [1.165, 1.54) is 16.9 Å². The van der Waals surface area contributed by atoms with Crippen LogP contribution in [-0.2, 0) is 5.88 Å². The van der Waals surface area contributed by atoms with Gasteiger partial charge in [0, 0.05) is 0 Å². The predicted molar refractivity (Wildman–Crippen MR) is 74.8 cm³/mol. The van der Waals surface area contributed by atoms with Crippen molar-refractivity contribution in [3.63, 3.8) is 0 Å². The Balaban J connectivity index is 2.29. The Morgan fingerprint density at radius 2 is 2.11 bits per heavy atom. The Morgan fingerprint density at radius 1 is 1.33 bits per heavy atom. The highest BCUT2D eigenvalue weighted by molar-refractivity contribution is 7.13. The summed E-state index contributed by atoms with van der Waals surface area (Å²) in [6, 6.07) is 6.21. The Morgan fingerprint density at radius 3 is 2.72 bits per heavy atom. The largest absolute Gasteiger partial charge is 0.429 e. The van der Waals surface area contributed by atoms with Gasteiger partial charge < -0.3 is 4.74 Å². The van der Waals surface area contributed by atoms with Gasteiger partial charge in [-0.3, -0.25) is 0 Å². The number of halogens is 1. The van der Waals surface area contributed by atoms with Crippen LogP contribution in [0.15, 0.2) is 18.2 Å². The lowest BCUT2D eigenvalue weighted by molar-refractivity contribution is 0.464. The van der Waals surface area contributed by atoms with Gasteiger partial charge in [-0.2, -0.15) is 0 Å². The summed E-state index contributed by atoms with van der Waals surface area (Å²) in [6.45, 7) is 6.32. The summed E-state index contributed by atoms with van der Waals surface area (Å²) < 4.78 is 5.82. The summed E-state index contributed by atoms with van der Waals surface area (Å²) in [5.74, 6) is 1.62. The molecular formula is C13H15ClN2OS. The van der Waals surface area contributed by atoms with Crippen LogP contribution in [0.4, 0.5) is 0 Å². The summed E-state index contributed by atoms with van der Waals surface area (Å²) >= 11 is 7.08. The molecule has 0 spiro atoms. The molecule has 0 saturated heterocycles. The van der Waals surface area contributed by atoms with E-state index in [0.29, 0.717) is 17.0 Å². The van der Waals surface area contributed by atoms with E-state index in [4.69, 9.17) is 16.3 Å². The molecule has 2 aromatic rings. The van der Waals surface area contributed by atoms with E-state index in [-0.39, 0.29) is 0 Å². The fourth-order valence-electron chi connectivity index (χ4n) is 1.63. The van der Waals surface area contributed by atoms with Crippen molar-refractivity contribution < 1.29 is 4.74 Å². The first-order valence-electron chi connectivity index (χ1n) is 5.77. The van der Waals surface area contributed by atoms with E-state index in [9.17, 15) is 0 Å². The van der Waals surface area contributed by atoms with Crippen molar-refractivity contribution in [3.05, 3.63) is 34.3 Å². The van der Waals surface area contributed by atoms with Crippen LogP contribution >= 0.6 is 22.9 Å². The molecule has 0 N–H and O–H groups in total. The monoisotopic (exact) mass is 282 g/mol. The molecule has 5 heteroatoms. The molecule has 1 aromatic carbocycles. The maximum absolute atomic E-state index is 5.82. The molecule has 0 aliphatic carbocycles. The second-order valence-corrected chi connectivity index (χ2v) is 5.69. The summed E-state index contributed by atoms with van der Waals surface area (Å²) in [5, 5.41) is 9.22. The minimum atomic E-state index is 0.367. The lowest BCUT2D eigenvalue weighted by Gasteiger charge is -2.12. The topological polar surface area (TPSA) is 35.0 Å². The van der Waals surface area contributed by atoms with Crippen LogP contribution in [0, 0.1) is 6.92 Å². The maximum atomic E-state index is 5.82. The van der Waals surface area contributed by atoms with Crippen LogP contribution in [0.2, 0.25) is 0 Å². The molecule has 0 bridgehead atoms. The quantitative estimate of drug-likeness (QED) is 0.775. The molecular weight excluding hydrogens is 268 g/mol. The van der Waals surface area contributed by atoms with Crippen molar-refractivity contribution in [2.75, 3.05) is 0 Å². The first kappa shape index (κ1) is 13.3. The minimum absolute atomic E-state index is 0.367. The van der Waals surface area contributed by atoms with Gasteiger partial charge in [-0.15, -0.1) is 16.7 Å². The second kappa shape index (κ2) is 5.67. The Hall–Kier alpha value is -1.13. The van der Waals surface area contributed by atoms with Crippen LogP contribution in [0.1, 0.15) is 35.9 Å². The number of nitrogens with zero attached hydrogens (tertiary/aromatic N) is 2. The zero-order valence-electron chi connectivity index (χ0n) is 10.6. The highest BCUT2D eigenvalue weighted by atomic mass is 35.5. The zero-order chi connectivity index (χ0) is 13.1. The standard InChI is InChI=1S/C13H15ClN2OS/c1-8(2)10-5-4-9(3)6-11(10)17-13-16-15-12(7-14)18-13/h4-6,8H,7H2,1-3H3. The highest BCUT2D eigenvalue weighted by Gasteiger charge is 2.11. The Kier molecular flexibility index (Phi) is 4.19. The molecule has 96 valence electrons. The average Bonchev–Trinajstić information content (AvgIpc) is 2.76. The van der Waals surface area contributed by atoms with E-state index in [2.05, 4.69) is 36.2 Å². The van der Waals surface area contributed by atoms with Crippen molar-refractivity contribution in [2.24, 2.45) is 0 Å². The number of hydrogen-bond donors (Lipinski definition) is 0. The van der Waals surface area contributed by atoms with Crippen LogP contribution in [0.5, 0.6) is 10.9 Å². The van der Waals surface area contributed by atoms with E-state index in [1.54, 1.807) is 0 Å². The fraction of sp³-hybridized carbons (Fsp3) is 0.385. The first-order valence-corrected chi connectivity index (χ1v) is 7.12. The number of rotatable bonds is 4. The lowest BCUT2D eigenvalue weighted by atomic mass is 10.0. The van der Waals surface area contributed by atoms with Gasteiger partial charge in [0.05, 0.1) is 5.88 Å². The average molecular weight is 283 g/mol. The van der Waals surface area contributed by atoms with Gasteiger partial charge in [0.2, 0.25) is 0 Å². The predicted octanol–water partition coefficient (Wildman–Crippen LogP) is 4.50. The van der Waals surface area contributed by atoms with E-state index < -0.39 is 0 Å². The number of ether oxygens (including phenoxy) is 1. The van der Waals surface area contributed by atoms with Crippen molar-refractivity contribution >= 4 is 22.9 Å². The maximum Gasteiger partial charge on any atom is 0.299 e. The summed E-state index contributed by atoms with van der Waals surface area (Å²) in [7, 11) is 0. The summed E-state index contributed by atoms with van der Waals surface area (Å²) in [5.41, 5.74) is 2.33. The number of hydrogen-bond acceptors (Lipinski definition) is 4. The number of alkyl halides is 1. The SMILES string of the molecule is Cc1ccc(C(C)C)c(Oc2nnc(CCl)s2)c1. The number of aryl methyl sites for hydroxylation is 1. The Labute approximate surface area is 116 Å². The van der Waals surface area contributed by atoms with Gasteiger partial charge in [0.25, 0.3) is 5.19 Å². The van der Waals surface area contributed by atoms with Crippen molar-refractivity contribution in [1.82, 2.24) is 10.2 Å². The molecule has 0 radical (unpaired) electrons. The molecule has 0 atom stereocenters. The molecule has 0 aliphatic rings. The van der Waals surface area contributed by atoms with E-state index in [0.717, 1.165) is 16.3 Å². The molecule has 3 nitrogen and oxygen atoms in total. The normalized spacial score (nSPS) is 10.9. The third kappa shape index (κ3) is 3.00. The van der Waals surface area contributed by atoms with Crippen molar-refractivity contribution in [1.29, 1.82) is 0 Å². The molecule has 0 fully saturated rings. The molecule has 2 rings (SSSR count). The molecule has 0 aliphatic heterocycles. The van der Waals surface area contributed by atoms with Crippen LogP contribution in [0.3, 0.4) is 0 Å². The smallest absolute Gasteiger partial charge is 0.299 e. The van der Waals surface area contributed by atoms with Crippen molar-refractivity contribution in [3.8, 4) is 10.9 Å². The van der Waals surface area contributed by atoms with Gasteiger partial charge in [-0.1, -0.05) is 42.4 Å². The molecule has 0 saturated carbocycles. The van der Waals surface area contributed by atoms with E-state index >= 15 is 0 Å². The summed E-state index contributed by atoms with van der Waals surface area (Å²) in [4.78, 5) is 0. The van der Waals surface area contributed by atoms with Gasteiger partial charge in [-0.05, 0) is 30.0 Å². The third-order valence-corrected chi connectivity index (χ3v) is 3.76. The molecule has 1 heterocycles. The van der Waals surface area contributed by atoms with Gasteiger partial charge in [-0.25, -0.2) is 0 Å². The zero-order valence-corrected chi connectivity index (χ0v) is 12.2. The first-order chi connectivity index (χ1) is 8.60. The minimum Gasteiger partial charge on any atom is -0.429 e. The number of aromatic nitrogens is 2. The lowest BCUT2D eigenvalue weighted by Crippen LogP contribution is -1.94. The Bertz CT molecular complexity index is 540. The van der Waals surface area contributed by atoms with Crippen LogP contribution in [0.25, 0.3) is 0 Å². The molecule has 18 heavy (non-hydrogen) atoms. The van der Waals surface area contributed by atoms with Crippen LogP contribution < -0.4 is 4.74 Å². The highest BCUT2D eigenvalue weighted by Crippen LogP contribution is 2.32. The summed E-state index contributed by atoms with van der Waals surface area (Å²) in [6.07, 6.45) is 0. The van der Waals surface area contributed by atoms with Crippen molar-refractivity contribution in [2.45, 2.75) is 32.6 Å². The molecule has 1 aromatic heterocycles.